The van der Waals surface area contributed by atoms with Crippen molar-refractivity contribution in [3.05, 3.63) is 71.6 Å². The molecule has 0 spiro atoms. The Kier molecular flexibility index (Phi) is 5.86. The molecule has 9 heteroatoms. The Labute approximate surface area is 202 Å². The van der Waals surface area contributed by atoms with Crippen molar-refractivity contribution in [3.63, 3.8) is 0 Å². The number of hydrogen-bond donors (Lipinski definition) is 0. The molecule has 0 aliphatic carbocycles. The number of oxazole rings is 1. The zero-order valence-corrected chi connectivity index (χ0v) is 19.5. The lowest BCUT2D eigenvalue weighted by atomic mass is 9.96. The van der Waals surface area contributed by atoms with Gasteiger partial charge in [-0.2, -0.15) is 0 Å². The van der Waals surface area contributed by atoms with E-state index in [-0.39, 0.29) is 44.4 Å². The second-order valence-corrected chi connectivity index (χ2v) is 8.60. The standard InChI is InChI=1S/C26H25N3O6/c1-17-7-9-18(10-8-17)23-27-19(15-34-23)16-35-25(32)26-12-11-22(30)29(26)21-6-4-3-5-20(21)24(31)28(26)13-14-33-2/h3-10,15H,11-14,16H2,1-2H3. The van der Waals surface area contributed by atoms with Crippen molar-refractivity contribution in [2.24, 2.45) is 0 Å². The summed E-state index contributed by atoms with van der Waals surface area (Å²) < 4.78 is 16.4. The first kappa shape index (κ1) is 22.8. The van der Waals surface area contributed by atoms with Gasteiger partial charge in [-0.1, -0.05) is 29.8 Å². The van der Waals surface area contributed by atoms with Crippen molar-refractivity contribution in [2.75, 3.05) is 25.2 Å². The van der Waals surface area contributed by atoms with Gasteiger partial charge in [0.25, 0.3) is 5.91 Å². The smallest absolute Gasteiger partial charge is 0.354 e. The minimum atomic E-state index is -1.58. The van der Waals surface area contributed by atoms with E-state index in [0.29, 0.717) is 22.8 Å². The number of hydrogen-bond acceptors (Lipinski definition) is 7. The summed E-state index contributed by atoms with van der Waals surface area (Å²) in [5.41, 5.74) is 1.54. The van der Waals surface area contributed by atoms with Crippen LogP contribution in [0.4, 0.5) is 5.69 Å². The third kappa shape index (κ3) is 3.77. The molecule has 9 nitrogen and oxygen atoms in total. The number of amides is 2. The Morgan fingerprint density at radius 3 is 2.69 bits per heavy atom. The van der Waals surface area contributed by atoms with E-state index in [1.807, 2.05) is 31.2 Å². The molecular formula is C26H25N3O6. The summed E-state index contributed by atoms with van der Waals surface area (Å²) >= 11 is 0. The van der Waals surface area contributed by atoms with E-state index < -0.39 is 11.6 Å². The zero-order valence-electron chi connectivity index (χ0n) is 19.5. The molecule has 1 atom stereocenters. The molecule has 1 fully saturated rings. The lowest BCUT2D eigenvalue weighted by Gasteiger charge is -2.48. The number of anilines is 1. The van der Waals surface area contributed by atoms with Gasteiger partial charge in [-0.15, -0.1) is 0 Å². The van der Waals surface area contributed by atoms with Crippen LogP contribution in [0.2, 0.25) is 0 Å². The minimum Gasteiger partial charge on any atom is -0.456 e. The van der Waals surface area contributed by atoms with Gasteiger partial charge in [-0.3, -0.25) is 14.5 Å². The average Bonchev–Trinajstić information content (AvgIpc) is 3.48. The van der Waals surface area contributed by atoms with Crippen molar-refractivity contribution >= 4 is 23.5 Å². The van der Waals surface area contributed by atoms with Crippen LogP contribution in [0.1, 0.15) is 34.5 Å². The largest absolute Gasteiger partial charge is 0.456 e. The summed E-state index contributed by atoms with van der Waals surface area (Å²) in [6, 6.07) is 14.5. The molecule has 1 saturated heterocycles. The molecule has 0 saturated carbocycles. The lowest BCUT2D eigenvalue weighted by Crippen LogP contribution is -2.68. The first-order valence-corrected chi connectivity index (χ1v) is 11.4. The maximum absolute atomic E-state index is 13.7. The van der Waals surface area contributed by atoms with E-state index in [1.165, 1.54) is 23.2 Å². The molecule has 2 aliphatic rings. The van der Waals surface area contributed by atoms with Gasteiger partial charge in [0.2, 0.25) is 17.5 Å². The van der Waals surface area contributed by atoms with E-state index in [2.05, 4.69) is 4.98 Å². The Bertz CT molecular complexity index is 1280. The minimum absolute atomic E-state index is 0.113. The fourth-order valence-electron chi connectivity index (χ4n) is 4.69. The number of carbonyl (C=O) groups is 3. The highest BCUT2D eigenvalue weighted by Gasteiger charge is 2.61. The highest BCUT2D eigenvalue weighted by atomic mass is 16.5. The highest BCUT2D eigenvalue weighted by molar-refractivity contribution is 6.15. The van der Waals surface area contributed by atoms with Gasteiger partial charge >= 0.3 is 5.97 Å². The molecule has 180 valence electrons. The summed E-state index contributed by atoms with van der Waals surface area (Å²) in [5, 5.41) is 0. The highest BCUT2D eigenvalue weighted by Crippen LogP contribution is 2.45. The van der Waals surface area contributed by atoms with E-state index in [0.717, 1.165) is 11.1 Å². The average molecular weight is 476 g/mol. The lowest BCUT2D eigenvalue weighted by molar-refractivity contribution is -0.159. The topological polar surface area (TPSA) is 102 Å². The monoisotopic (exact) mass is 475 g/mol. The molecule has 1 unspecified atom stereocenters. The SMILES string of the molecule is COCCN1C(=O)c2ccccc2N2C(=O)CCC12C(=O)OCc1coc(-c2ccc(C)cc2)n1. The Hall–Kier alpha value is -3.98. The van der Waals surface area contributed by atoms with E-state index in [4.69, 9.17) is 13.9 Å². The van der Waals surface area contributed by atoms with Gasteiger partial charge in [-0.25, -0.2) is 9.78 Å². The molecule has 3 aromatic rings. The molecule has 3 heterocycles. The van der Waals surface area contributed by atoms with Crippen molar-refractivity contribution in [1.82, 2.24) is 9.88 Å². The Balaban J connectivity index is 1.43. The first-order chi connectivity index (χ1) is 17.0. The number of methoxy groups -OCH3 is 1. The number of para-hydroxylation sites is 1. The zero-order chi connectivity index (χ0) is 24.6. The molecule has 0 bridgehead atoms. The van der Waals surface area contributed by atoms with Gasteiger partial charge in [0.1, 0.15) is 18.6 Å². The summed E-state index contributed by atoms with van der Waals surface area (Å²) in [6.07, 6.45) is 1.67. The quantitative estimate of drug-likeness (QED) is 0.483. The molecule has 35 heavy (non-hydrogen) atoms. The third-order valence-electron chi connectivity index (χ3n) is 6.42. The molecule has 0 N–H and O–H groups in total. The maximum atomic E-state index is 13.7. The van der Waals surface area contributed by atoms with Gasteiger partial charge in [0, 0.05) is 32.1 Å². The molecule has 2 aliphatic heterocycles. The summed E-state index contributed by atoms with van der Waals surface area (Å²) in [5.74, 6) is -0.867. The molecule has 0 radical (unpaired) electrons. The first-order valence-electron chi connectivity index (χ1n) is 11.4. The van der Waals surface area contributed by atoms with Crippen LogP contribution in [0.25, 0.3) is 11.5 Å². The van der Waals surface area contributed by atoms with Crippen LogP contribution in [0.5, 0.6) is 0 Å². The second kappa shape index (κ2) is 8.99. The molecule has 1 aromatic heterocycles. The number of benzene rings is 2. The van der Waals surface area contributed by atoms with Crippen molar-refractivity contribution in [1.29, 1.82) is 0 Å². The Morgan fingerprint density at radius 1 is 1.14 bits per heavy atom. The van der Waals surface area contributed by atoms with Crippen molar-refractivity contribution in [2.45, 2.75) is 32.0 Å². The van der Waals surface area contributed by atoms with Gasteiger partial charge in [-0.05, 0) is 31.2 Å². The van der Waals surface area contributed by atoms with E-state index in [1.54, 1.807) is 24.3 Å². The molecular weight excluding hydrogens is 450 g/mol. The summed E-state index contributed by atoms with van der Waals surface area (Å²) in [6.45, 7) is 2.16. The number of carbonyl (C=O) groups excluding carboxylic acids is 3. The van der Waals surface area contributed by atoms with E-state index >= 15 is 0 Å². The maximum Gasteiger partial charge on any atom is 0.354 e. The van der Waals surface area contributed by atoms with Crippen LogP contribution in [-0.4, -0.2) is 53.6 Å². The molecule has 2 aromatic carbocycles. The van der Waals surface area contributed by atoms with Gasteiger partial charge in [0.15, 0.2) is 0 Å². The van der Waals surface area contributed by atoms with Crippen LogP contribution < -0.4 is 4.90 Å². The van der Waals surface area contributed by atoms with Crippen LogP contribution in [0.15, 0.2) is 59.2 Å². The third-order valence-corrected chi connectivity index (χ3v) is 6.42. The summed E-state index contributed by atoms with van der Waals surface area (Å²) in [7, 11) is 1.52. The van der Waals surface area contributed by atoms with Crippen LogP contribution >= 0.6 is 0 Å². The predicted octanol–water partition coefficient (Wildman–Crippen LogP) is 3.32. The number of nitrogens with zero attached hydrogens (tertiary/aromatic N) is 3. The van der Waals surface area contributed by atoms with Crippen molar-refractivity contribution in [3.8, 4) is 11.5 Å². The molecule has 5 rings (SSSR count). The van der Waals surface area contributed by atoms with Gasteiger partial charge < -0.3 is 18.8 Å². The number of fused-ring (bicyclic) bond motifs is 3. The Morgan fingerprint density at radius 2 is 1.91 bits per heavy atom. The number of ether oxygens (including phenoxy) is 2. The summed E-state index contributed by atoms with van der Waals surface area (Å²) in [4.78, 5) is 47.3. The number of esters is 1. The fourth-order valence-corrected chi connectivity index (χ4v) is 4.69. The number of rotatable bonds is 7. The number of aryl methyl sites for hydroxylation is 1. The molecule has 2 amide bonds. The van der Waals surface area contributed by atoms with Crippen LogP contribution in [0.3, 0.4) is 0 Å². The van der Waals surface area contributed by atoms with Crippen LogP contribution in [-0.2, 0) is 25.7 Å². The predicted molar refractivity (Wildman–Crippen MR) is 125 cm³/mol. The fraction of sp³-hybridized carbons (Fsp3) is 0.308. The van der Waals surface area contributed by atoms with Crippen molar-refractivity contribution < 1.29 is 28.3 Å². The number of aromatic nitrogens is 1. The van der Waals surface area contributed by atoms with Crippen LogP contribution in [0, 0.1) is 6.92 Å². The van der Waals surface area contributed by atoms with Gasteiger partial charge in [0.05, 0.1) is 17.9 Å². The second-order valence-electron chi connectivity index (χ2n) is 8.60. The van der Waals surface area contributed by atoms with E-state index in [9.17, 15) is 14.4 Å². The normalized spacial score (nSPS) is 19.0.